The molecule has 0 aliphatic carbocycles. The predicted molar refractivity (Wildman–Crippen MR) is 84.0 cm³/mol. The van der Waals surface area contributed by atoms with Crippen molar-refractivity contribution in [3.63, 3.8) is 0 Å². The van der Waals surface area contributed by atoms with Crippen molar-refractivity contribution >= 4 is 34.2 Å². The van der Waals surface area contributed by atoms with Crippen LogP contribution < -0.4 is 0 Å². The van der Waals surface area contributed by atoms with Crippen molar-refractivity contribution in [3.8, 4) is 23.7 Å². The Labute approximate surface area is 127 Å². The van der Waals surface area contributed by atoms with Gasteiger partial charge in [-0.3, -0.25) is 0 Å². The van der Waals surface area contributed by atoms with Gasteiger partial charge >= 0.3 is 0 Å². The number of rotatable bonds is 2. The zero-order valence-corrected chi connectivity index (χ0v) is 12.0. The number of aromatic nitrogens is 2. The average Bonchev–Trinajstić information content (AvgIpc) is 2.78. The molecule has 0 atom stereocenters. The van der Waals surface area contributed by atoms with Crippen LogP contribution in [0.4, 0.5) is 0 Å². The van der Waals surface area contributed by atoms with Crippen LogP contribution in [0, 0.1) is 12.3 Å². The van der Waals surface area contributed by atoms with E-state index in [4.69, 9.17) is 29.6 Å². The quantitative estimate of drug-likeness (QED) is 0.630. The summed E-state index contributed by atoms with van der Waals surface area (Å²) in [5.41, 5.74) is 2.71. The Morgan fingerprint density at radius 3 is 2.70 bits per heavy atom. The number of fused-ring (bicyclic) bond motifs is 1. The third kappa shape index (κ3) is 2.16. The summed E-state index contributed by atoms with van der Waals surface area (Å²) >= 11 is 12.2. The van der Waals surface area contributed by atoms with Gasteiger partial charge in [0, 0.05) is 10.6 Å². The van der Waals surface area contributed by atoms with Crippen LogP contribution in [0.5, 0.6) is 0 Å². The van der Waals surface area contributed by atoms with Gasteiger partial charge in [0.2, 0.25) is 0 Å². The van der Waals surface area contributed by atoms with E-state index in [1.165, 1.54) is 0 Å². The molecule has 0 saturated heterocycles. The van der Waals surface area contributed by atoms with Crippen LogP contribution in [-0.2, 0) is 6.54 Å². The molecule has 1 aromatic heterocycles. The predicted octanol–water partition coefficient (Wildman–Crippen LogP) is 4.64. The van der Waals surface area contributed by atoms with Gasteiger partial charge in [0.05, 0.1) is 22.6 Å². The molecule has 0 radical (unpaired) electrons. The molecular formula is C16H10Cl2N2. The number of imidazole rings is 1. The van der Waals surface area contributed by atoms with Gasteiger partial charge in [-0.15, -0.1) is 6.42 Å². The molecule has 0 spiro atoms. The summed E-state index contributed by atoms with van der Waals surface area (Å²) in [4.78, 5) is 4.63. The lowest BCUT2D eigenvalue weighted by Gasteiger charge is -2.07. The molecule has 0 amide bonds. The topological polar surface area (TPSA) is 17.8 Å². The summed E-state index contributed by atoms with van der Waals surface area (Å²) in [6.07, 6.45) is 5.47. The summed E-state index contributed by atoms with van der Waals surface area (Å²) in [5.74, 6) is 3.41. The molecular weight excluding hydrogens is 291 g/mol. The highest BCUT2D eigenvalue weighted by atomic mass is 35.5. The van der Waals surface area contributed by atoms with E-state index in [-0.39, 0.29) is 0 Å². The molecule has 0 aliphatic heterocycles. The van der Waals surface area contributed by atoms with E-state index >= 15 is 0 Å². The Morgan fingerprint density at radius 2 is 1.95 bits per heavy atom. The number of para-hydroxylation sites is 2. The van der Waals surface area contributed by atoms with E-state index in [1.54, 1.807) is 12.1 Å². The first-order chi connectivity index (χ1) is 9.70. The number of nitrogens with zero attached hydrogens (tertiary/aromatic N) is 2. The first-order valence-electron chi connectivity index (χ1n) is 6.05. The van der Waals surface area contributed by atoms with E-state index in [1.807, 2.05) is 34.9 Å². The van der Waals surface area contributed by atoms with Crippen LogP contribution in [0.2, 0.25) is 10.0 Å². The zero-order valence-electron chi connectivity index (χ0n) is 10.5. The molecule has 1 heterocycles. The van der Waals surface area contributed by atoms with Crippen LogP contribution in [0.25, 0.3) is 22.4 Å². The van der Waals surface area contributed by atoms with Gasteiger partial charge in [-0.25, -0.2) is 4.98 Å². The fraction of sp³-hybridized carbons (Fsp3) is 0.0625. The lowest BCUT2D eigenvalue weighted by atomic mass is 10.2. The van der Waals surface area contributed by atoms with E-state index in [9.17, 15) is 0 Å². The third-order valence-electron chi connectivity index (χ3n) is 3.08. The summed E-state index contributed by atoms with van der Waals surface area (Å²) < 4.78 is 1.98. The lowest BCUT2D eigenvalue weighted by Crippen LogP contribution is -1.99. The molecule has 98 valence electrons. The highest BCUT2D eigenvalue weighted by Gasteiger charge is 2.14. The maximum atomic E-state index is 6.27. The minimum Gasteiger partial charge on any atom is -0.312 e. The van der Waals surface area contributed by atoms with Crippen molar-refractivity contribution in [2.45, 2.75) is 6.54 Å². The van der Waals surface area contributed by atoms with Crippen molar-refractivity contribution in [1.82, 2.24) is 9.55 Å². The summed E-state index contributed by atoms with van der Waals surface area (Å²) in [6, 6.07) is 13.2. The smallest absolute Gasteiger partial charge is 0.143 e. The van der Waals surface area contributed by atoms with E-state index in [0.717, 1.165) is 22.4 Å². The molecule has 20 heavy (non-hydrogen) atoms. The van der Waals surface area contributed by atoms with E-state index < -0.39 is 0 Å². The Bertz CT molecular complexity index is 828. The maximum absolute atomic E-state index is 6.27. The number of hydrogen-bond donors (Lipinski definition) is 0. The van der Waals surface area contributed by atoms with Crippen LogP contribution in [0.15, 0.2) is 42.5 Å². The molecule has 0 N–H and O–H groups in total. The standard InChI is InChI=1S/C16H10Cl2N2/c1-2-9-20-15-6-4-3-5-14(15)19-16(20)12-8-7-11(17)10-13(12)18/h1,3-8,10H,9H2. The molecule has 2 nitrogen and oxygen atoms in total. The van der Waals surface area contributed by atoms with Crippen LogP contribution in [-0.4, -0.2) is 9.55 Å². The number of halogens is 2. The second-order valence-corrected chi connectivity index (χ2v) is 5.18. The SMILES string of the molecule is C#CCn1c(-c2ccc(Cl)cc2Cl)nc2ccccc21. The van der Waals surface area contributed by atoms with Gasteiger partial charge in [0.1, 0.15) is 5.82 Å². The molecule has 0 fully saturated rings. The lowest BCUT2D eigenvalue weighted by molar-refractivity contribution is 0.882. The Hall–Kier alpha value is -1.95. The van der Waals surface area contributed by atoms with Gasteiger partial charge in [-0.2, -0.15) is 0 Å². The second kappa shape index (κ2) is 5.20. The fourth-order valence-corrected chi connectivity index (χ4v) is 2.70. The molecule has 0 unspecified atom stereocenters. The Morgan fingerprint density at radius 1 is 1.15 bits per heavy atom. The number of benzene rings is 2. The first kappa shape index (κ1) is 13.1. The summed E-state index contributed by atoms with van der Waals surface area (Å²) in [7, 11) is 0. The maximum Gasteiger partial charge on any atom is 0.143 e. The third-order valence-corrected chi connectivity index (χ3v) is 3.62. The van der Waals surface area contributed by atoms with Gasteiger partial charge in [-0.05, 0) is 30.3 Å². The van der Waals surface area contributed by atoms with Crippen LogP contribution in [0.3, 0.4) is 0 Å². The average molecular weight is 301 g/mol. The van der Waals surface area contributed by atoms with Crippen molar-refractivity contribution < 1.29 is 0 Å². The highest BCUT2D eigenvalue weighted by molar-refractivity contribution is 6.36. The molecule has 3 rings (SSSR count). The first-order valence-corrected chi connectivity index (χ1v) is 6.80. The minimum absolute atomic E-state index is 0.439. The van der Waals surface area contributed by atoms with E-state index in [0.29, 0.717) is 16.6 Å². The Kier molecular flexibility index (Phi) is 3.40. The molecule has 0 aliphatic rings. The van der Waals surface area contributed by atoms with Crippen LogP contribution >= 0.6 is 23.2 Å². The summed E-state index contributed by atoms with van der Waals surface area (Å²) in [6.45, 7) is 0.439. The zero-order chi connectivity index (χ0) is 14.1. The van der Waals surface area contributed by atoms with Gasteiger partial charge in [0.25, 0.3) is 0 Å². The molecule has 2 aromatic carbocycles. The molecule has 3 aromatic rings. The minimum atomic E-state index is 0.439. The highest BCUT2D eigenvalue weighted by Crippen LogP contribution is 2.32. The number of terminal acetylenes is 1. The Balaban J connectivity index is 2.30. The van der Waals surface area contributed by atoms with Gasteiger partial charge in [-0.1, -0.05) is 41.3 Å². The van der Waals surface area contributed by atoms with Crippen LogP contribution in [0.1, 0.15) is 0 Å². The van der Waals surface area contributed by atoms with Gasteiger partial charge < -0.3 is 4.57 Å². The largest absolute Gasteiger partial charge is 0.312 e. The monoisotopic (exact) mass is 300 g/mol. The van der Waals surface area contributed by atoms with Crippen molar-refractivity contribution in [3.05, 3.63) is 52.5 Å². The van der Waals surface area contributed by atoms with Crippen molar-refractivity contribution in [1.29, 1.82) is 0 Å². The summed E-state index contributed by atoms with van der Waals surface area (Å²) in [5, 5.41) is 1.16. The normalized spacial score (nSPS) is 10.7. The molecule has 0 saturated carbocycles. The van der Waals surface area contributed by atoms with Crippen molar-refractivity contribution in [2.24, 2.45) is 0 Å². The van der Waals surface area contributed by atoms with Crippen molar-refractivity contribution in [2.75, 3.05) is 0 Å². The number of hydrogen-bond acceptors (Lipinski definition) is 1. The second-order valence-electron chi connectivity index (χ2n) is 4.34. The molecule has 0 bridgehead atoms. The van der Waals surface area contributed by atoms with E-state index in [2.05, 4.69) is 10.9 Å². The van der Waals surface area contributed by atoms with Gasteiger partial charge in [0.15, 0.2) is 0 Å². The molecule has 4 heteroatoms. The fourth-order valence-electron chi connectivity index (χ4n) is 2.20.